The standard InChI is InChI=1S/C16H19N5O8/c1-6(23)18-16-19-13-10(14(26)20-16)17-5-21(13)15-12(28-8(3)25)11(27-7(2)24)9(4-22)29-15/h5,9,11-12,15,22H,4H2,1-3H3,(H2,18,19,20,23,26). The first kappa shape index (κ1) is 20.4. The lowest BCUT2D eigenvalue weighted by molar-refractivity contribution is -0.165. The van der Waals surface area contributed by atoms with Crippen molar-refractivity contribution < 1.29 is 33.7 Å². The Bertz CT molecular complexity index is 1010. The fraction of sp³-hybridized carbons (Fsp3) is 0.500. The molecule has 29 heavy (non-hydrogen) atoms. The minimum absolute atomic E-state index is 0.0276. The SMILES string of the molecule is CC(=O)Nc1nc2c(ncn2C2OC(CO)C(OC(C)=O)C2OC(C)=O)c(=O)[nH]1. The first-order chi connectivity index (χ1) is 13.7. The third kappa shape index (κ3) is 4.09. The Morgan fingerprint density at radius 3 is 2.48 bits per heavy atom. The first-order valence-electron chi connectivity index (χ1n) is 8.56. The number of nitrogens with one attached hydrogen (secondary N) is 2. The maximum atomic E-state index is 12.2. The molecule has 1 aliphatic heterocycles. The van der Waals surface area contributed by atoms with Gasteiger partial charge in [-0.2, -0.15) is 4.98 Å². The average molecular weight is 409 g/mol. The van der Waals surface area contributed by atoms with Gasteiger partial charge in [0.05, 0.1) is 12.9 Å². The molecule has 0 saturated carbocycles. The Morgan fingerprint density at radius 1 is 1.24 bits per heavy atom. The number of rotatable bonds is 5. The van der Waals surface area contributed by atoms with Gasteiger partial charge < -0.3 is 19.3 Å². The van der Waals surface area contributed by atoms with Crippen molar-refractivity contribution in [3.8, 4) is 0 Å². The van der Waals surface area contributed by atoms with E-state index in [-0.39, 0.29) is 17.1 Å². The summed E-state index contributed by atoms with van der Waals surface area (Å²) < 4.78 is 17.5. The van der Waals surface area contributed by atoms with Crippen molar-refractivity contribution in [2.75, 3.05) is 11.9 Å². The molecule has 3 rings (SSSR count). The molecule has 1 aliphatic rings. The van der Waals surface area contributed by atoms with E-state index in [4.69, 9.17) is 14.2 Å². The summed E-state index contributed by atoms with van der Waals surface area (Å²) in [5, 5.41) is 12.0. The smallest absolute Gasteiger partial charge is 0.303 e. The largest absolute Gasteiger partial charge is 0.456 e. The molecule has 2 aromatic rings. The van der Waals surface area contributed by atoms with Crippen LogP contribution in [0.2, 0.25) is 0 Å². The van der Waals surface area contributed by atoms with Crippen molar-refractivity contribution in [2.45, 2.75) is 45.3 Å². The molecule has 4 unspecified atom stereocenters. The normalized spacial score (nSPS) is 23.7. The van der Waals surface area contributed by atoms with Gasteiger partial charge in [-0.1, -0.05) is 0 Å². The first-order valence-corrected chi connectivity index (χ1v) is 8.56. The number of carbonyl (C=O) groups is 3. The lowest BCUT2D eigenvalue weighted by atomic mass is 10.1. The maximum absolute atomic E-state index is 12.2. The topological polar surface area (TPSA) is 175 Å². The molecule has 156 valence electrons. The van der Waals surface area contributed by atoms with Crippen LogP contribution in [0.1, 0.15) is 27.0 Å². The predicted octanol–water partition coefficient (Wildman–Crippen LogP) is -1.17. The Labute approximate surface area is 163 Å². The molecule has 2 aromatic heterocycles. The molecule has 0 bridgehead atoms. The fourth-order valence-electron chi connectivity index (χ4n) is 3.07. The Balaban J connectivity index is 2.09. The van der Waals surface area contributed by atoms with Crippen molar-refractivity contribution in [1.82, 2.24) is 19.5 Å². The van der Waals surface area contributed by atoms with Crippen LogP contribution in [0.25, 0.3) is 11.2 Å². The van der Waals surface area contributed by atoms with Crippen molar-refractivity contribution in [2.24, 2.45) is 0 Å². The van der Waals surface area contributed by atoms with E-state index in [0.29, 0.717) is 0 Å². The molecule has 0 aliphatic carbocycles. The summed E-state index contributed by atoms with van der Waals surface area (Å²) in [4.78, 5) is 57.1. The van der Waals surface area contributed by atoms with E-state index >= 15 is 0 Å². The van der Waals surface area contributed by atoms with E-state index in [1.165, 1.54) is 24.7 Å². The number of H-pyrrole nitrogens is 1. The van der Waals surface area contributed by atoms with Crippen LogP contribution >= 0.6 is 0 Å². The van der Waals surface area contributed by atoms with E-state index in [9.17, 15) is 24.3 Å². The molecular weight excluding hydrogens is 390 g/mol. The lowest BCUT2D eigenvalue weighted by Gasteiger charge is -2.23. The monoisotopic (exact) mass is 409 g/mol. The molecular formula is C16H19N5O8. The number of carbonyl (C=O) groups excluding carboxylic acids is 3. The number of aromatic nitrogens is 4. The van der Waals surface area contributed by atoms with Gasteiger partial charge in [0, 0.05) is 20.8 Å². The summed E-state index contributed by atoms with van der Waals surface area (Å²) in [6.07, 6.45) is -3.11. The summed E-state index contributed by atoms with van der Waals surface area (Å²) in [5.74, 6) is -1.90. The minimum atomic E-state index is -1.14. The van der Waals surface area contributed by atoms with Gasteiger partial charge >= 0.3 is 11.9 Å². The molecule has 0 aromatic carbocycles. The van der Waals surface area contributed by atoms with Gasteiger partial charge in [0.25, 0.3) is 5.56 Å². The summed E-state index contributed by atoms with van der Waals surface area (Å²) in [5.41, 5.74) is -0.643. The van der Waals surface area contributed by atoms with Crippen molar-refractivity contribution >= 4 is 35.0 Å². The second-order valence-corrected chi connectivity index (χ2v) is 6.32. The number of anilines is 1. The molecule has 13 nitrogen and oxygen atoms in total. The van der Waals surface area contributed by atoms with Crippen molar-refractivity contribution in [1.29, 1.82) is 0 Å². The number of aromatic amines is 1. The summed E-state index contributed by atoms with van der Waals surface area (Å²) >= 11 is 0. The van der Waals surface area contributed by atoms with Crippen LogP contribution in [0, 0.1) is 0 Å². The van der Waals surface area contributed by atoms with Gasteiger partial charge in [-0.15, -0.1) is 0 Å². The van der Waals surface area contributed by atoms with Gasteiger partial charge in [-0.25, -0.2) is 4.98 Å². The molecule has 13 heteroatoms. The van der Waals surface area contributed by atoms with Gasteiger partial charge in [0.1, 0.15) is 6.10 Å². The molecule has 4 atom stereocenters. The highest BCUT2D eigenvalue weighted by Gasteiger charge is 2.50. The number of amides is 1. The molecule has 0 radical (unpaired) electrons. The summed E-state index contributed by atoms with van der Waals surface area (Å²) in [7, 11) is 0. The zero-order valence-corrected chi connectivity index (χ0v) is 15.7. The zero-order valence-electron chi connectivity index (χ0n) is 15.7. The van der Waals surface area contributed by atoms with Crippen LogP contribution in [0.5, 0.6) is 0 Å². The Hall–Kier alpha value is -3.32. The maximum Gasteiger partial charge on any atom is 0.303 e. The molecule has 0 spiro atoms. The number of fused-ring (bicyclic) bond motifs is 1. The Morgan fingerprint density at radius 2 is 1.90 bits per heavy atom. The highest BCUT2D eigenvalue weighted by molar-refractivity contribution is 5.87. The summed E-state index contributed by atoms with van der Waals surface area (Å²) in [6.45, 7) is 3.05. The molecule has 1 amide bonds. The van der Waals surface area contributed by atoms with Crippen LogP contribution in [-0.2, 0) is 28.6 Å². The van der Waals surface area contributed by atoms with E-state index in [1.807, 2.05) is 0 Å². The van der Waals surface area contributed by atoms with Crippen LogP contribution in [0.3, 0.4) is 0 Å². The number of imidazole rings is 1. The number of aliphatic hydroxyl groups is 1. The van der Waals surface area contributed by atoms with E-state index in [0.717, 1.165) is 6.92 Å². The number of nitrogens with zero attached hydrogens (tertiary/aromatic N) is 3. The van der Waals surface area contributed by atoms with E-state index in [2.05, 4.69) is 20.3 Å². The van der Waals surface area contributed by atoms with Crippen LogP contribution in [0.4, 0.5) is 5.95 Å². The van der Waals surface area contributed by atoms with Gasteiger partial charge in [0.2, 0.25) is 11.9 Å². The zero-order chi connectivity index (χ0) is 21.3. The second-order valence-electron chi connectivity index (χ2n) is 6.32. The number of ether oxygens (including phenoxy) is 3. The van der Waals surface area contributed by atoms with E-state index < -0.39 is 54.6 Å². The van der Waals surface area contributed by atoms with E-state index in [1.54, 1.807) is 0 Å². The molecule has 3 heterocycles. The fourth-order valence-corrected chi connectivity index (χ4v) is 3.07. The van der Waals surface area contributed by atoms with Crippen molar-refractivity contribution in [3.05, 3.63) is 16.7 Å². The third-order valence-corrected chi connectivity index (χ3v) is 4.07. The highest BCUT2D eigenvalue weighted by atomic mass is 16.6. The number of aliphatic hydroxyl groups excluding tert-OH is 1. The van der Waals surface area contributed by atoms with Gasteiger partial charge in [-0.05, 0) is 0 Å². The number of hydrogen-bond donors (Lipinski definition) is 3. The molecule has 1 saturated heterocycles. The molecule has 3 N–H and O–H groups in total. The minimum Gasteiger partial charge on any atom is -0.456 e. The second kappa shape index (κ2) is 7.97. The third-order valence-electron chi connectivity index (χ3n) is 4.07. The number of hydrogen-bond acceptors (Lipinski definition) is 10. The van der Waals surface area contributed by atoms with Gasteiger partial charge in [-0.3, -0.25) is 34.0 Å². The van der Waals surface area contributed by atoms with Crippen LogP contribution in [0.15, 0.2) is 11.1 Å². The number of esters is 2. The lowest BCUT2D eigenvalue weighted by Crippen LogP contribution is -2.40. The molecule has 1 fully saturated rings. The quantitative estimate of drug-likeness (QED) is 0.510. The van der Waals surface area contributed by atoms with Crippen molar-refractivity contribution in [3.63, 3.8) is 0 Å². The predicted molar refractivity (Wildman–Crippen MR) is 94.6 cm³/mol. The average Bonchev–Trinajstić information content (AvgIpc) is 3.16. The summed E-state index contributed by atoms with van der Waals surface area (Å²) in [6, 6.07) is 0. The van der Waals surface area contributed by atoms with Gasteiger partial charge in [0.15, 0.2) is 29.6 Å². The van der Waals surface area contributed by atoms with Crippen LogP contribution < -0.4 is 10.9 Å². The van der Waals surface area contributed by atoms with Crippen LogP contribution in [-0.4, -0.2) is 67.4 Å². The highest BCUT2D eigenvalue weighted by Crippen LogP contribution is 2.35. The Kier molecular flexibility index (Phi) is 5.61.